The SMILES string of the molecule is CNC(=O)CCN(C)c1ccc(Cl)cc1C(N)=S. The molecule has 0 spiro atoms. The van der Waals surface area contributed by atoms with Crippen LogP contribution in [-0.4, -0.2) is 31.5 Å². The summed E-state index contributed by atoms with van der Waals surface area (Å²) in [5.41, 5.74) is 7.26. The molecule has 0 aromatic heterocycles. The molecule has 3 N–H and O–H groups in total. The largest absolute Gasteiger partial charge is 0.389 e. The maximum absolute atomic E-state index is 11.2. The number of halogens is 1. The quantitative estimate of drug-likeness (QED) is 0.806. The van der Waals surface area contributed by atoms with E-state index in [-0.39, 0.29) is 5.91 Å². The van der Waals surface area contributed by atoms with Crippen molar-refractivity contribution < 1.29 is 4.79 Å². The van der Waals surface area contributed by atoms with Gasteiger partial charge in [-0.25, -0.2) is 0 Å². The van der Waals surface area contributed by atoms with Gasteiger partial charge in [-0.15, -0.1) is 0 Å². The maximum atomic E-state index is 11.2. The van der Waals surface area contributed by atoms with Gasteiger partial charge in [-0.05, 0) is 18.2 Å². The van der Waals surface area contributed by atoms with E-state index in [1.54, 1.807) is 19.2 Å². The highest BCUT2D eigenvalue weighted by Crippen LogP contribution is 2.23. The highest BCUT2D eigenvalue weighted by atomic mass is 35.5. The summed E-state index contributed by atoms with van der Waals surface area (Å²) < 4.78 is 0. The Balaban J connectivity index is 2.88. The fourth-order valence-corrected chi connectivity index (χ4v) is 1.89. The molecular weight excluding hydrogens is 270 g/mol. The zero-order valence-electron chi connectivity index (χ0n) is 10.4. The van der Waals surface area contributed by atoms with Crippen molar-refractivity contribution >= 4 is 40.4 Å². The van der Waals surface area contributed by atoms with Crippen LogP contribution in [0.4, 0.5) is 5.69 Å². The predicted molar refractivity (Wildman–Crippen MR) is 79.3 cm³/mol. The molecule has 0 aliphatic carbocycles. The van der Waals surface area contributed by atoms with Crippen molar-refractivity contribution in [3.05, 3.63) is 28.8 Å². The monoisotopic (exact) mass is 285 g/mol. The summed E-state index contributed by atoms with van der Waals surface area (Å²) in [6.07, 6.45) is 0.409. The van der Waals surface area contributed by atoms with E-state index in [2.05, 4.69) is 5.32 Å². The van der Waals surface area contributed by atoms with Crippen molar-refractivity contribution in [1.82, 2.24) is 5.32 Å². The summed E-state index contributed by atoms with van der Waals surface area (Å²) in [7, 11) is 3.50. The molecule has 0 atom stereocenters. The van der Waals surface area contributed by atoms with E-state index in [1.807, 2.05) is 18.0 Å². The maximum Gasteiger partial charge on any atom is 0.221 e. The fraction of sp³-hybridized carbons (Fsp3) is 0.333. The minimum absolute atomic E-state index is 0.00677. The first-order valence-corrected chi connectivity index (χ1v) is 6.25. The van der Waals surface area contributed by atoms with E-state index in [4.69, 9.17) is 29.6 Å². The molecule has 0 bridgehead atoms. The van der Waals surface area contributed by atoms with Gasteiger partial charge in [-0.1, -0.05) is 23.8 Å². The Hall–Kier alpha value is -1.33. The number of hydrogen-bond acceptors (Lipinski definition) is 3. The summed E-state index contributed by atoms with van der Waals surface area (Å²) in [6.45, 7) is 0.580. The Labute approximate surface area is 117 Å². The number of benzene rings is 1. The minimum atomic E-state index is -0.00677. The number of carbonyl (C=O) groups excluding carboxylic acids is 1. The van der Waals surface area contributed by atoms with Crippen LogP contribution in [0.25, 0.3) is 0 Å². The summed E-state index contributed by atoms with van der Waals surface area (Å²) in [6, 6.07) is 5.35. The minimum Gasteiger partial charge on any atom is -0.389 e. The lowest BCUT2D eigenvalue weighted by Crippen LogP contribution is -2.28. The highest BCUT2D eigenvalue weighted by Gasteiger charge is 2.11. The van der Waals surface area contributed by atoms with Crippen LogP contribution in [0, 0.1) is 0 Å². The van der Waals surface area contributed by atoms with Gasteiger partial charge in [0, 0.05) is 43.3 Å². The van der Waals surface area contributed by atoms with Gasteiger partial charge in [0.15, 0.2) is 0 Å². The molecule has 6 heteroatoms. The molecule has 0 radical (unpaired) electrons. The van der Waals surface area contributed by atoms with Crippen molar-refractivity contribution in [1.29, 1.82) is 0 Å². The second kappa shape index (κ2) is 6.56. The molecule has 0 saturated carbocycles. The van der Waals surface area contributed by atoms with Gasteiger partial charge in [0.2, 0.25) is 5.91 Å². The number of nitrogens with zero attached hydrogens (tertiary/aromatic N) is 1. The van der Waals surface area contributed by atoms with Crippen LogP contribution in [0.5, 0.6) is 0 Å². The number of nitrogens with two attached hydrogens (primary N) is 1. The van der Waals surface area contributed by atoms with Gasteiger partial charge in [0.05, 0.1) is 0 Å². The number of anilines is 1. The van der Waals surface area contributed by atoms with E-state index in [0.29, 0.717) is 23.0 Å². The third-order valence-electron chi connectivity index (χ3n) is 2.59. The summed E-state index contributed by atoms with van der Waals surface area (Å²) in [4.78, 5) is 13.4. The van der Waals surface area contributed by atoms with Crippen LogP contribution in [0.2, 0.25) is 5.02 Å². The molecule has 0 unspecified atom stereocenters. The number of carbonyl (C=O) groups is 1. The van der Waals surface area contributed by atoms with E-state index >= 15 is 0 Å². The molecule has 0 aliphatic heterocycles. The van der Waals surface area contributed by atoms with E-state index < -0.39 is 0 Å². The molecule has 98 valence electrons. The van der Waals surface area contributed by atoms with Crippen LogP contribution in [0.3, 0.4) is 0 Å². The molecule has 1 rings (SSSR count). The first-order chi connectivity index (χ1) is 8.45. The Morgan fingerprint density at radius 3 is 2.78 bits per heavy atom. The van der Waals surface area contributed by atoms with E-state index in [9.17, 15) is 4.79 Å². The Kier molecular flexibility index (Phi) is 5.37. The normalized spacial score (nSPS) is 9.94. The van der Waals surface area contributed by atoms with Gasteiger partial charge >= 0.3 is 0 Å². The first kappa shape index (κ1) is 14.7. The van der Waals surface area contributed by atoms with Gasteiger partial charge in [-0.3, -0.25) is 4.79 Å². The summed E-state index contributed by atoms with van der Waals surface area (Å²) >= 11 is 10.9. The predicted octanol–water partition coefficient (Wildman–Crippen LogP) is 1.55. The number of hydrogen-bond donors (Lipinski definition) is 2. The molecule has 0 aliphatic rings. The molecule has 4 nitrogen and oxygen atoms in total. The van der Waals surface area contributed by atoms with Crippen molar-refractivity contribution in [2.45, 2.75) is 6.42 Å². The van der Waals surface area contributed by atoms with Crippen LogP contribution in [-0.2, 0) is 4.79 Å². The molecule has 0 heterocycles. The van der Waals surface area contributed by atoms with Crippen molar-refractivity contribution in [2.24, 2.45) is 5.73 Å². The van der Waals surface area contributed by atoms with Crippen LogP contribution in [0.1, 0.15) is 12.0 Å². The average Bonchev–Trinajstić information content (AvgIpc) is 2.35. The second-order valence-electron chi connectivity index (χ2n) is 3.87. The van der Waals surface area contributed by atoms with Gasteiger partial charge in [0.1, 0.15) is 4.99 Å². The summed E-state index contributed by atoms with van der Waals surface area (Å²) in [5.74, 6) is -0.00677. The average molecular weight is 286 g/mol. The number of thiocarbonyl (C=S) groups is 1. The van der Waals surface area contributed by atoms with Crippen LogP contribution in [0.15, 0.2) is 18.2 Å². The Morgan fingerprint density at radius 1 is 1.56 bits per heavy atom. The van der Waals surface area contributed by atoms with E-state index in [0.717, 1.165) is 11.3 Å². The highest BCUT2D eigenvalue weighted by molar-refractivity contribution is 7.80. The van der Waals surface area contributed by atoms with E-state index in [1.165, 1.54) is 0 Å². The third-order valence-corrected chi connectivity index (χ3v) is 3.04. The molecule has 18 heavy (non-hydrogen) atoms. The molecule has 1 amide bonds. The number of rotatable bonds is 5. The first-order valence-electron chi connectivity index (χ1n) is 5.46. The molecule has 0 saturated heterocycles. The van der Waals surface area contributed by atoms with Crippen molar-refractivity contribution in [3.63, 3.8) is 0 Å². The summed E-state index contributed by atoms with van der Waals surface area (Å²) in [5, 5.41) is 3.17. The van der Waals surface area contributed by atoms with Gasteiger partial charge in [-0.2, -0.15) is 0 Å². The lowest BCUT2D eigenvalue weighted by molar-refractivity contribution is -0.120. The molecule has 1 aromatic carbocycles. The zero-order valence-corrected chi connectivity index (χ0v) is 11.9. The van der Waals surface area contributed by atoms with Crippen LogP contribution >= 0.6 is 23.8 Å². The smallest absolute Gasteiger partial charge is 0.221 e. The molecular formula is C12H16ClN3OS. The van der Waals surface area contributed by atoms with Gasteiger partial charge in [0.25, 0.3) is 0 Å². The molecule has 0 fully saturated rings. The molecule has 1 aromatic rings. The van der Waals surface area contributed by atoms with Crippen LogP contribution < -0.4 is 16.0 Å². The second-order valence-corrected chi connectivity index (χ2v) is 4.75. The number of amides is 1. The third kappa shape index (κ3) is 3.85. The Morgan fingerprint density at radius 2 is 2.22 bits per heavy atom. The Bertz CT molecular complexity index is 465. The topological polar surface area (TPSA) is 58.4 Å². The van der Waals surface area contributed by atoms with Gasteiger partial charge < -0.3 is 16.0 Å². The fourth-order valence-electron chi connectivity index (χ4n) is 1.55. The standard InChI is InChI=1S/C12H16ClN3OS/c1-15-11(17)5-6-16(2)10-4-3-8(13)7-9(10)12(14)18/h3-4,7H,5-6H2,1-2H3,(H2,14,18)(H,15,17). The number of nitrogens with one attached hydrogen (secondary N) is 1. The zero-order chi connectivity index (χ0) is 13.7. The van der Waals surface area contributed by atoms with Crippen molar-refractivity contribution in [2.75, 3.05) is 25.5 Å². The lowest BCUT2D eigenvalue weighted by Gasteiger charge is -2.22. The lowest BCUT2D eigenvalue weighted by atomic mass is 10.1. The van der Waals surface area contributed by atoms with Crippen molar-refractivity contribution in [3.8, 4) is 0 Å².